The van der Waals surface area contributed by atoms with Crippen LogP contribution >= 0.6 is 11.6 Å². The third-order valence-electron chi connectivity index (χ3n) is 6.51. The average molecular weight is 462 g/mol. The molecule has 1 aromatic carbocycles. The van der Waals surface area contributed by atoms with Crippen LogP contribution in [0.25, 0.3) is 0 Å². The van der Waals surface area contributed by atoms with Gasteiger partial charge in [-0.25, -0.2) is 4.79 Å². The molecule has 0 radical (unpaired) electrons. The van der Waals surface area contributed by atoms with Crippen molar-refractivity contribution in [2.45, 2.75) is 44.1 Å². The lowest BCUT2D eigenvalue weighted by molar-refractivity contribution is -0.140. The maximum Gasteiger partial charge on any atom is 0.344 e. The van der Waals surface area contributed by atoms with Crippen LogP contribution in [-0.4, -0.2) is 76.8 Å². The summed E-state index contributed by atoms with van der Waals surface area (Å²) in [6, 6.07) is 6.28. The van der Waals surface area contributed by atoms with Gasteiger partial charge in [-0.15, -0.1) is 0 Å². The molecule has 0 atom stereocenters. The summed E-state index contributed by atoms with van der Waals surface area (Å²) in [4.78, 5) is 53.9. The molecule has 9 nitrogen and oxygen atoms in total. The predicted octanol–water partition coefficient (Wildman–Crippen LogP) is 1.77. The Morgan fingerprint density at radius 1 is 1.00 bits per heavy atom. The minimum absolute atomic E-state index is 0.0331. The van der Waals surface area contributed by atoms with Crippen LogP contribution in [0, 0.1) is 0 Å². The Balaban J connectivity index is 1.21. The van der Waals surface area contributed by atoms with Gasteiger partial charge >= 0.3 is 6.03 Å². The average Bonchev–Trinajstić information content (AvgIpc) is 3.02. The number of imide groups is 1. The fourth-order valence-electron chi connectivity index (χ4n) is 4.61. The number of hydrogen-bond donors (Lipinski definition) is 2. The monoisotopic (exact) mass is 461 g/mol. The number of amides is 5. The number of hydrogen-bond acceptors (Lipinski definition) is 5. The highest BCUT2D eigenvalue weighted by atomic mass is 35.5. The van der Waals surface area contributed by atoms with Crippen molar-refractivity contribution in [1.29, 1.82) is 0 Å². The van der Waals surface area contributed by atoms with Crippen molar-refractivity contribution in [2.24, 2.45) is 0 Å². The molecule has 2 aliphatic heterocycles. The van der Waals surface area contributed by atoms with Crippen LogP contribution in [0.1, 0.15) is 48.9 Å². The van der Waals surface area contributed by atoms with Gasteiger partial charge in [0.2, 0.25) is 5.91 Å². The fraction of sp³-hybridized carbons (Fsp3) is 0.545. The number of benzene rings is 1. The van der Waals surface area contributed by atoms with Crippen molar-refractivity contribution in [2.75, 3.05) is 32.7 Å². The molecular formula is C22H28ClN5O4. The zero-order chi connectivity index (χ0) is 22.7. The van der Waals surface area contributed by atoms with Crippen LogP contribution in [0.4, 0.5) is 4.79 Å². The van der Waals surface area contributed by atoms with E-state index in [0.717, 1.165) is 24.3 Å². The van der Waals surface area contributed by atoms with Gasteiger partial charge in [0, 0.05) is 49.7 Å². The van der Waals surface area contributed by atoms with Crippen molar-refractivity contribution in [3.8, 4) is 0 Å². The molecule has 172 valence electrons. The molecular weight excluding hydrogens is 434 g/mol. The molecule has 1 aliphatic carbocycles. The Morgan fingerprint density at radius 3 is 2.31 bits per heavy atom. The summed E-state index contributed by atoms with van der Waals surface area (Å²) in [5.41, 5.74) is 2.23. The Kier molecular flexibility index (Phi) is 6.66. The van der Waals surface area contributed by atoms with Crippen LogP contribution in [0.5, 0.6) is 0 Å². The van der Waals surface area contributed by atoms with Crippen LogP contribution < -0.4 is 10.7 Å². The first-order valence-electron chi connectivity index (χ1n) is 11.1. The van der Waals surface area contributed by atoms with Crippen molar-refractivity contribution < 1.29 is 19.2 Å². The molecule has 3 fully saturated rings. The van der Waals surface area contributed by atoms with Gasteiger partial charge in [-0.2, -0.15) is 5.01 Å². The van der Waals surface area contributed by atoms with E-state index in [2.05, 4.69) is 15.6 Å². The Labute approximate surface area is 192 Å². The van der Waals surface area contributed by atoms with Gasteiger partial charge in [-0.3, -0.25) is 24.7 Å². The van der Waals surface area contributed by atoms with Crippen LogP contribution in [0.3, 0.4) is 0 Å². The van der Waals surface area contributed by atoms with Gasteiger partial charge < -0.3 is 10.2 Å². The van der Waals surface area contributed by atoms with Crippen molar-refractivity contribution in [1.82, 2.24) is 25.6 Å². The van der Waals surface area contributed by atoms with E-state index >= 15 is 0 Å². The summed E-state index contributed by atoms with van der Waals surface area (Å²) in [5.74, 6) is -0.764. The van der Waals surface area contributed by atoms with E-state index in [9.17, 15) is 19.2 Å². The standard InChI is InChI=1S/C22H28ClN5O4/c23-17-6-4-16(5-7-17)19(30)27-14-12-26(13-15-27)11-8-18(29)25-28-20(31)22(24-21(28)32)9-2-1-3-10-22/h4-7H,1-3,8-15H2,(H,24,32)(H,25,29). The third-order valence-corrected chi connectivity index (χ3v) is 6.76. The normalized spacial score (nSPS) is 21.0. The van der Waals surface area contributed by atoms with Gasteiger partial charge in [-0.1, -0.05) is 30.9 Å². The first kappa shape index (κ1) is 22.5. The summed E-state index contributed by atoms with van der Waals surface area (Å²) < 4.78 is 0. The number of carbonyl (C=O) groups is 4. The van der Waals surface area contributed by atoms with Crippen molar-refractivity contribution in [3.05, 3.63) is 34.9 Å². The number of carbonyl (C=O) groups excluding carboxylic acids is 4. The quantitative estimate of drug-likeness (QED) is 0.651. The molecule has 2 N–H and O–H groups in total. The first-order valence-corrected chi connectivity index (χ1v) is 11.5. The zero-order valence-electron chi connectivity index (χ0n) is 17.9. The second-order valence-electron chi connectivity index (χ2n) is 8.64. The van der Waals surface area contributed by atoms with Gasteiger partial charge in [0.05, 0.1) is 0 Å². The second-order valence-corrected chi connectivity index (χ2v) is 9.08. The summed E-state index contributed by atoms with van der Waals surface area (Å²) in [5, 5.41) is 4.21. The minimum Gasteiger partial charge on any atom is -0.336 e. The highest BCUT2D eigenvalue weighted by Crippen LogP contribution is 2.33. The highest BCUT2D eigenvalue weighted by molar-refractivity contribution is 6.30. The van der Waals surface area contributed by atoms with E-state index in [-0.39, 0.29) is 24.1 Å². The van der Waals surface area contributed by atoms with E-state index in [1.54, 1.807) is 29.2 Å². The van der Waals surface area contributed by atoms with E-state index < -0.39 is 11.6 Å². The summed E-state index contributed by atoms with van der Waals surface area (Å²) in [7, 11) is 0. The summed E-state index contributed by atoms with van der Waals surface area (Å²) in [6.45, 7) is 2.93. The Hall–Kier alpha value is -2.65. The number of nitrogens with one attached hydrogen (secondary N) is 2. The SMILES string of the molecule is O=C(CCN1CCN(C(=O)c2ccc(Cl)cc2)CC1)NN1C(=O)NC2(CCCCC2)C1=O. The molecule has 5 amide bonds. The molecule has 0 aromatic heterocycles. The lowest BCUT2D eigenvalue weighted by Crippen LogP contribution is -2.52. The van der Waals surface area contributed by atoms with E-state index in [0.29, 0.717) is 56.2 Å². The van der Waals surface area contributed by atoms with Crippen molar-refractivity contribution >= 4 is 35.4 Å². The second kappa shape index (κ2) is 9.46. The largest absolute Gasteiger partial charge is 0.344 e. The molecule has 2 heterocycles. The number of hydrazine groups is 1. The topological polar surface area (TPSA) is 102 Å². The molecule has 10 heteroatoms. The maximum atomic E-state index is 12.7. The Morgan fingerprint density at radius 2 is 1.66 bits per heavy atom. The number of nitrogens with zero attached hydrogens (tertiary/aromatic N) is 3. The zero-order valence-corrected chi connectivity index (χ0v) is 18.7. The lowest BCUT2D eigenvalue weighted by Gasteiger charge is -2.34. The van der Waals surface area contributed by atoms with E-state index in [1.807, 2.05) is 0 Å². The van der Waals surface area contributed by atoms with Gasteiger partial charge in [0.25, 0.3) is 11.8 Å². The first-order chi connectivity index (χ1) is 15.4. The highest BCUT2D eigenvalue weighted by Gasteiger charge is 2.52. The van der Waals surface area contributed by atoms with Gasteiger partial charge in [-0.05, 0) is 37.1 Å². The molecule has 1 spiro atoms. The number of piperazine rings is 1. The minimum atomic E-state index is -0.852. The molecule has 32 heavy (non-hydrogen) atoms. The van der Waals surface area contributed by atoms with Crippen LogP contribution in [-0.2, 0) is 9.59 Å². The molecule has 1 aromatic rings. The number of urea groups is 1. The lowest BCUT2D eigenvalue weighted by atomic mass is 9.82. The molecule has 2 saturated heterocycles. The number of rotatable bonds is 5. The molecule has 3 aliphatic rings. The summed E-state index contributed by atoms with van der Waals surface area (Å²) >= 11 is 5.88. The third kappa shape index (κ3) is 4.73. The fourth-order valence-corrected chi connectivity index (χ4v) is 4.73. The van der Waals surface area contributed by atoms with Gasteiger partial charge in [0.15, 0.2) is 0 Å². The van der Waals surface area contributed by atoms with Crippen LogP contribution in [0.2, 0.25) is 5.02 Å². The smallest absolute Gasteiger partial charge is 0.336 e. The Bertz CT molecular complexity index is 892. The molecule has 1 saturated carbocycles. The van der Waals surface area contributed by atoms with Crippen LogP contribution in [0.15, 0.2) is 24.3 Å². The number of halogens is 1. The van der Waals surface area contributed by atoms with Crippen molar-refractivity contribution in [3.63, 3.8) is 0 Å². The van der Waals surface area contributed by atoms with Gasteiger partial charge in [0.1, 0.15) is 5.54 Å². The molecule has 4 rings (SSSR count). The summed E-state index contributed by atoms with van der Waals surface area (Å²) in [6.07, 6.45) is 4.22. The van der Waals surface area contributed by atoms with E-state index in [4.69, 9.17) is 11.6 Å². The maximum absolute atomic E-state index is 12.7. The molecule has 0 bridgehead atoms. The predicted molar refractivity (Wildman–Crippen MR) is 118 cm³/mol. The van der Waals surface area contributed by atoms with E-state index in [1.165, 1.54) is 0 Å². The molecule has 0 unspecified atom stereocenters.